The molecule has 0 radical (unpaired) electrons. The van der Waals surface area contributed by atoms with Gasteiger partial charge in [0.2, 0.25) is 0 Å². The number of rotatable bonds is 3. The first-order valence-corrected chi connectivity index (χ1v) is 12.4. The van der Waals surface area contributed by atoms with Gasteiger partial charge in [0.05, 0.1) is 21.7 Å². The van der Waals surface area contributed by atoms with E-state index in [9.17, 15) is 18.0 Å². The maximum absolute atomic E-state index is 13.6. The van der Waals surface area contributed by atoms with E-state index < -0.39 is 10.0 Å². The zero-order valence-electron chi connectivity index (χ0n) is 19.3. The molecule has 1 heterocycles. The normalized spacial score (nSPS) is 13.1. The molecule has 0 aliphatic heterocycles. The monoisotopic (exact) mass is 472 g/mol. The van der Waals surface area contributed by atoms with Gasteiger partial charge in [-0.25, -0.2) is 8.42 Å². The molecule has 0 saturated heterocycles. The molecular weight excluding hydrogens is 448 g/mol. The number of fused-ring (bicyclic) bond motifs is 2. The molecule has 0 bridgehead atoms. The minimum atomic E-state index is -3.96. The van der Waals surface area contributed by atoms with Crippen molar-refractivity contribution in [2.45, 2.75) is 31.1 Å². The number of aromatic nitrogens is 1. The fourth-order valence-corrected chi connectivity index (χ4v) is 5.55. The molecule has 1 aromatic heterocycles. The maximum atomic E-state index is 13.6. The summed E-state index contributed by atoms with van der Waals surface area (Å²) in [7, 11) is -2.32. The summed E-state index contributed by atoms with van der Waals surface area (Å²) >= 11 is 0. The van der Waals surface area contributed by atoms with Crippen LogP contribution in [0.15, 0.2) is 76.4 Å². The quantitative estimate of drug-likeness (QED) is 0.407. The van der Waals surface area contributed by atoms with E-state index in [4.69, 9.17) is 0 Å². The molecule has 5 rings (SSSR count). The number of carbonyl (C=O) groups is 1. The molecule has 0 amide bonds. The molecule has 0 unspecified atom stereocenters. The van der Waals surface area contributed by atoms with E-state index in [1.807, 2.05) is 6.07 Å². The van der Waals surface area contributed by atoms with Crippen molar-refractivity contribution in [3.63, 3.8) is 0 Å². The van der Waals surface area contributed by atoms with Crippen LogP contribution in [0.25, 0.3) is 22.0 Å². The van der Waals surface area contributed by atoms with Gasteiger partial charge < -0.3 is 4.57 Å². The van der Waals surface area contributed by atoms with E-state index in [-0.39, 0.29) is 32.9 Å². The molecule has 4 aromatic rings. The van der Waals surface area contributed by atoms with Gasteiger partial charge in [-0.3, -0.25) is 14.3 Å². The Balaban J connectivity index is 1.70. The van der Waals surface area contributed by atoms with Crippen LogP contribution in [0, 0.1) is 0 Å². The summed E-state index contributed by atoms with van der Waals surface area (Å²) in [5.41, 5.74) is 3.44. The SMILES string of the molecule is Cn1c(=O)cc2c3c(c(NS(=O)(=O)c4ccc(C(C)(C)C)cc4)ccc31)C(=O)c1ccccc1-2. The lowest BCUT2D eigenvalue weighted by molar-refractivity contribution is 0.104. The van der Waals surface area contributed by atoms with Crippen LogP contribution in [0.5, 0.6) is 0 Å². The summed E-state index contributed by atoms with van der Waals surface area (Å²) in [6, 6.07) is 18.5. The minimum absolute atomic E-state index is 0.107. The molecule has 3 aromatic carbocycles. The van der Waals surface area contributed by atoms with Gasteiger partial charge in [-0.15, -0.1) is 0 Å². The van der Waals surface area contributed by atoms with Gasteiger partial charge in [0, 0.05) is 24.1 Å². The highest BCUT2D eigenvalue weighted by molar-refractivity contribution is 7.92. The molecule has 0 spiro atoms. The molecule has 7 heteroatoms. The molecule has 34 heavy (non-hydrogen) atoms. The van der Waals surface area contributed by atoms with Gasteiger partial charge in [-0.2, -0.15) is 0 Å². The molecule has 1 aliphatic carbocycles. The van der Waals surface area contributed by atoms with Crippen LogP contribution in [0.4, 0.5) is 5.69 Å². The Kier molecular flexibility index (Phi) is 4.81. The third-order valence-electron chi connectivity index (χ3n) is 6.38. The van der Waals surface area contributed by atoms with Crippen LogP contribution in [-0.2, 0) is 22.5 Å². The molecule has 6 nitrogen and oxygen atoms in total. The van der Waals surface area contributed by atoms with Gasteiger partial charge in [-0.1, -0.05) is 57.2 Å². The van der Waals surface area contributed by atoms with Gasteiger partial charge in [0.1, 0.15) is 0 Å². The Morgan fingerprint density at radius 3 is 2.12 bits per heavy atom. The molecule has 0 saturated carbocycles. The average Bonchev–Trinajstić information content (AvgIpc) is 2.79. The zero-order chi connectivity index (χ0) is 24.4. The van der Waals surface area contributed by atoms with E-state index >= 15 is 0 Å². The number of ketones is 1. The van der Waals surface area contributed by atoms with E-state index in [0.717, 1.165) is 5.56 Å². The van der Waals surface area contributed by atoms with Crippen LogP contribution in [0.2, 0.25) is 0 Å². The Labute approximate surface area is 197 Å². The lowest BCUT2D eigenvalue weighted by Gasteiger charge is -2.23. The van der Waals surface area contributed by atoms with Gasteiger partial charge in [-0.05, 0) is 46.4 Å². The summed E-state index contributed by atoms with van der Waals surface area (Å²) in [4.78, 5) is 26.3. The predicted molar refractivity (Wildman–Crippen MR) is 134 cm³/mol. The number of sulfonamides is 1. The summed E-state index contributed by atoms with van der Waals surface area (Å²) in [5.74, 6) is -0.284. The van der Waals surface area contributed by atoms with Crippen molar-refractivity contribution in [1.29, 1.82) is 0 Å². The fraction of sp³-hybridized carbons (Fsp3) is 0.185. The number of nitrogens with one attached hydrogen (secondary N) is 1. The molecular formula is C27H24N2O4S. The van der Waals surface area contributed by atoms with Crippen LogP contribution < -0.4 is 10.3 Å². The van der Waals surface area contributed by atoms with Crippen molar-refractivity contribution in [2.75, 3.05) is 4.72 Å². The van der Waals surface area contributed by atoms with Crippen LogP contribution in [0.1, 0.15) is 42.3 Å². The topological polar surface area (TPSA) is 85.2 Å². The Morgan fingerprint density at radius 2 is 1.47 bits per heavy atom. The van der Waals surface area contributed by atoms with Crippen LogP contribution in [-0.4, -0.2) is 18.8 Å². The molecule has 1 aliphatic rings. The van der Waals surface area contributed by atoms with E-state index in [2.05, 4.69) is 25.5 Å². The van der Waals surface area contributed by atoms with Crippen molar-refractivity contribution in [3.05, 3.63) is 93.8 Å². The second-order valence-corrected chi connectivity index (χ2v) is 11.3. The lowest BCUT2D eigenvalue weighted by atomic mass is 9.83. The van der Waals surface area contributed by atoms with Crippen molar-refractivity contribution in [3.8, 4) is 11.1 Å². The number of hydrogen-bond acceptors (Lipinski definition) is 4. The zero-order valence-corrected chi connectivity index (χ0v) is 20.2. The summed E-state index contributed by atoms with van der Waals surface area (Å²) in [6.45, 7) is 6.18. The summed E-state index contributed by atoms with van der Waals surface area (Å²) in [6.07, 6.45) is 0. The predicted octanol–water partition coefficient (Wildman–Crippen LogP) is 4.85. The van der Waals surface area contributed by atoms with E-state index in [1.165, 1.54) is 10.6 Å². The number of aryl methyl sites for hydroxylation is 1. The number of carbonyl (C=O) groups excluding carboxylic acids is 1. The van der Waals surface area contributed by atoms with Gasteiger partial charge in [0.15, 0.2) is 5.78 Å². The number of benzene rings is 3. The van der Waals surface area contributed by atoms with Crippen LogP contribution in [0.3, 0.4) is 0 Å². The second kappa shape index (κ2) is 7.40. The smallest absolute Gasteiger partial charge is 0.261 e. The highest BCUT2D eigenvalue weighted by Crippen LogP contribution is 2.41. The van der Waals surface area contributed by atoms with E-state index in [0.29, 0.717) is 27.6 Å². The summed E-state index contributed by atoms with van der Waals surface area (Å²) < 4.78 is 30.6. The number of anilines is 1. The number of pyridine rings is 1. The van der Waals surface area contributed by atoms with Gasteiger partial charge in [0.25, 0.3) is 15.6 Å². The fourth-order valence-electron chi connectivity index (χ4n) is 4.48. The Hall–Kier alpha value is -3.71. The first kappa shape index (κ1) is 22.1. The highest BCUT2D eigenvalue weighted by Gasteiger charge is 2.30. The Morgan fingerprint density at radius 1 is 0.824 bits per heavy atom. The third-order valence-corrected chi connectivity index (χ3v) is 7.76. The molecule has 0 atom stereocenters. The van der Waals surface area contributed by atoms with Crippen LogP contribution >= 0.6 is 0 Å². The lowest BCUT2D eigenvalue weighted by Crippen LogP contribution is -2.22. The number of nitrogens with zero attached hydrogens (tertiary/aromatic N) is 1. The third kappa shape index (κ3) is 3.35. The minimum Gasteiger partial charge on any atom is -0.311 e. The maximum Gasteiger partial charge on any atom is 0.261 e. The molecule has 172 valence electrons. The highest BCUT2D eigenvalue weighted by atomic mass is 32.2. The van der Waals surface area contributed by atoms with Crippen molar-refractivity contribution in [1.82, 2.24) is 4.57 Å². The first-order chi connectivity index (χ1) is 16.0. The van der Waals surface area contributed by atoms with Crippen molar-refractivity contribution in [2.24, 2.45) is 7.05 Å². The second-order valence-electron chi connectivity index (χ2n) is 9.59. The standard InChI is InChI=1S/C27H24N2O4S/c1-27(2,3)16-9-11-17(12-10-16)34(32,33)28-21-13-14-22-24-20(15-23(30)29(22)4)18-7-5-6-8-19(18)26(31)25(21)24/h5-15,28H,1-4H3. The Bertz CT molecular complexity index is 1660. The molecule has 0 fully saturated rings. The average molecular weight is 473 g/mol. The first-order valence-electron chi connectivity index (χ1n) is 10.9. The van der Waals surface area contributed by atoms with E-state index in [1.54, 1.807) is 61.6 Å². The van der Waals surface area contributed by atoms with Crippen molar-refractivity contribution >= 4 is 32.4 Å². The summed E-state index contributed by atoms with van der Waals surface area (Å²) in [5, 5.41) is 0.564. The van der Waals surface area contributed by atoms with Crippen molar-refractivity contribution < 1.29 is 13.2 Å². The van der Waals surface area contributed by atoms with Gasteiger partial charge >= 0.3 is 0 Å². The number of hydrogen-bond donors (Lipinski definition) is 1. The largest absolute Gasteiger partial charge is 0.311 e. The molecule has 1 N–H and O–H groups in total.